The third-order valence-electron chi connectivity index (χ3n) is 4.56. The number of hydrogen-bond donors (Lipinski definition) is 1. The van der Waals surface area contributed by atoms with Crippen LogP contribution in [0.1, 0.15) is 30.7 Å². The highest BCUT2D eigenvalue weighted by Crippen LogP contribution is 2.27. The van der Waals surface area contributed by atoms with Gasteiger partial charge in [0.2, 0.25) is 0 Å². The fourth-order valence-electron chi connectivity index (χ4n) is 2.63. The number of hydrogen-bond acceptors (Lipinski definition) is 4. The molecule has 0 saturated carbocycles. The third kappa shape index (κ3) is 5.23. The molecule has 3 rings (SSSR count). The molecule has 0 aliphatic heterocycles. The summed E-state index contributed by atoms with van der Waals surface area (Å²) in [7, 11) is 0. The lowest BCUT2D eigenvalue weighted by molar-refractivity contribution is -0.162. The van der Waals surface area contributed by atoms with Gasteiger partial charge in [0, 0.05) is 11.1 Å². The molecule has 0 saturated heterocycles. The highest BCUT2D eigenvalue weighted by Gasteiger charge is 2.27. The first-order chi connectivity index (χ1) is 13.7. The topological polar surface area (TPSA) is 68.9 Å². The van der Waals surface area contributed by atoms with Crippen LogP contribution in [0.5, 0.6) is 5.75 Å². The number of carboxylic acid groups (broad SMARTS) is 1. The van der Waals surface area contributed by atoms with Gasteiger partial charge in [0.25, 0.3) is 0 Å². The summed E-state index contributed by atoms with van der Waals surface area (Å²) in [5, 5.41) is 9.13. The molecule has 0 unspecified atom stereocenters. The Morgan fingerprint density at radius 1 is 1.10 bits per heavy atom. The Labute approximate surface area is 168 Å². The average molecular weight is 398 g/mol. The second-order valence-corrected chi connectivity index (χ2v) is 7.24. The molecule has 0 bridgehead atoms. The summed E-state index contributed by atoms with van der Waals surface area (Å²) in [6.45, 7) is 5.34. The van der Waals surface area contributed by atoms with Crippen molar-refractivity contribution in [3.8, 4) is 17.1 Å². The highest BCUT2D eigenvalue weighted by atomic mass is 19.1. The van der Waals surface area contributed by atoms with E-state index in [1.807, 2.05) is 37.3 Å². The Morgan fingerprint density at radius 3 is 2.52 bits per heavy atom. The zero-order valence-electron chi connectivity index (χ0n) is 16.6. The van der Waals surface area contributed by atoms with Crippen LogP contribution in [0.4, 0.5) is 4.39 Å². The van der Waals surface area contributed by atoms with Gasteiger partial charge in [-0.3, -0.25) is 0 Å². The lowest BCUT2D eigenvalue weighted by Crippen LogP contribution is -2.34. The minimum absolute atomic E-state index is 0.163. The molecule has 0 amide bonds. The molecular weight excluding hydrogens is 375 g/mol. The van der Waals surface area contributed by atoms with Gasteiger partial charge in [-0.05, 0) is 68.8 Å². The van der Waals surface area contributed by atoms with Crippen molar-refractivity contribution < 1.29 is 28.2 Å². The molecule has 1 aromatic heterocycles. The van der Waals surface area contributed by atoms with E-state index >= 15 is 0 Å². The van der Waals surface area contributed by atoms with Crippen LogP contribution < -0.4 is 4.74 Å². The summed E-state index contributed by atoms with van der Waals surface area (Å²) in [5.41, 5.74) is 1.23. The van der Waals surface area contributed by atoms with Crippen LogP contribution in [0, 0.1) is 12.7 Å². The number of halogens is 1. The Balaban J connectivity index is 1.64. The van der Waals surface area contributed by atoms with Gasteiger partial charge >= 0.3 is 5.97 Å². The highest BCUT2D eigenvalue weighted by molar-refractivity contribution is 5.76. The standard InChI is InChI=1S/C23H23FO5/c1-15-18(12-21(29-15)17-7-9-19(24)10-8-17)14-27-20-6-4-5-16(11-20)13-28-23(2,3)22(25)26/h4-12H,13-14H2,1-3H3,(H,25,26). The van der Waals surface area contributed by atoms with E-state index in [4.69, 9.17) is 19.0 Å². The van der Waals surface area contributed by atoms with E-state index in [2.05, 4.69) is 0 Å². The molecule has 29 heavy (non-hydrogen) atoms. The van der Waals surface area contributed by atoms with Crippen molar-refractivity contribution in [1.82, 2.24) is 0 Å². The molecule has 0 aliphatic carbocycles. The Kier molecular flexibility index (Phi) is 6.03. The number of benzene rings is 2. The fraction of sp³-hybridized carbons (Fsp3) is 0.261. The second-order valence-electron chi connectivity index (χ2n) is 7.24. The monoisotopic (exact) mass is 398 g/mol. The first kappa shape index (κ1) is 20.6. The zero-order valence-corrected chi connectivity index (χ0v) is 16.6. The number of ether oxygens (including phenoxy) is 2. The van der Waals surface area contributed by atoms with E-state index in [9.17, 15) is 9.18 Å². The lowest BCUT2D eigenvalue weighted by Gasteiger charge is -2.20. The van der Waals surface area contributed by atoms with Crippen LogP contribution in [0.3, 0.4) is 0 Å². The summed E-state index contributed by atoms with van der Waals surface area (Å²) < 4.78 is 30.2. The van der Waals surface area contributed by atoms with Crippen LogP contribution in [-0.2, 0) is 22.7 Å². The number of rotatable bonds is 8. The fourth-order valence-corrected chi connectivity index (χ4v) is 2.63. The van der Waals surface area contributed by atoms with E-state index in [1.54, 1.807) is 12.1 Å². The maximum atomic E-state index is 13.1. The summed E-state index contributed by atoms with van der Waals surface area (Å²) >= 11 is 0. The number of carbonyl (C=O) groups is 1. The summed E-state index contributed by atoms with van der Waals surface area (Å²) in [5.74, 6) is 0.711. The van der Waals surface area contributed by atoms with Crippen molar-refractivity contribution >= 4 is 5.97 Å². The van der Waals surface area contributed by atoms with Gasteiger partial charge in [0.1, 0.15) is 29.7 Å². The molecule has 1 N–H and O–H groups in total. The average Bonchev–Trinajstić information content (AvgIpc) is 3.06. The van der Waals surface area contributed by atoms with Crippen molar-refractivity contribution in [2.45, 2.75) is 39.6 Å². The molecule has 5 nitrogen and oxygen atoms in total. The molecule has 1 heterocycles. The number of carboxylic acids is 1. The molecule has 2 aromatic carbocycles. The molecule has 0 spiro atoms. The summed E-state index contributed by atoms with van der Waals surface area (Å²) in [6.07, 6.45) is 0. The van der Waals surface area contributed by atoms with Gasteiger partial charge in [-0.1, -0.05) is 12.1 Å². The SMILES string of the molecule is Cc1oc(-c2ccc(F)cc2)cc1COc1cccc(COC(C)(C)C(=O)O)c1. The Bertz CT molecular complexity index is 989. The maximum Gasteiger partial charge on any atom is 0.335 e. The number of aliphatic carboxylic acids is 1. The van der Waals surface area contributed by atoms with Gasteiger partial charge in [-0.2, -0.15) is 0 Å². The van der Waals surface area contributed by atoms with Gasteiger partial charge in [-0.25, -0.2) is 9.18 Å². The predicted molar refractivity (Wildman–Crippen MR) is 106 cm³/mol. The minimum atomic E-state index is -1.26. The second kappa shape index (κ2) is 8.49. The maximum absolute atomic E-state index is 13.1. The molecule has 0 atom stereocenters. The molecule has 6 heteroatoms. The molecule has 0 aliphatic rings. The normalized spacial score (nSPS) is 11.4. The minimum Gasteiger partial charge on any atom is -0.489 e. The largest absolute Gasteiger partial charge is 0.489 e. The third-order valence-corrected chi connectivity index (χ3v) is 4.56. The first-order valence-corrected chi connectivity index (χ1v) is 9.19. The summed E-state index contributed by atoms with van der Waals surface area (Å²) in [6, 6.07) is 15.3. The lowest BCUT2D eigenvalue weighted by atomic mass is 10.1. The number of furan rings is 1. The molecular formula is C23H23FO5. The van der Waals surface area contributed by atoms with E-state index in [1.165, 1.54) is 26.0 Å². The molecule has 152 valence electrons. The zero-order chi connectivity index (χ0) is 21.0. The van der Waals surface area contributed by atoms with Crippen LogP contribution in [-0.4, -0.2) is 16.7 Å². The van der Waals surface area contributed by atoms with E-state index < -0.39 is 11.6 Å². The predicted octanol–water partition coefficient (Wildman–Crippen LogP) is 5.35. The van der Waals surface area contributed by atoms with Crippen molar-refractivity contribution in [3.63, 3.8) is 0 Å². The molecule has 0 fully saturated rings. The van der Waals surface area contributed by atoms with E-state index in [0.29, 0.717) is 18.1 Å². The van der Waals surface area contributed by atoms with Crippen LogP contribution >= 0.6 is 0 Å². The van der Waals surface area contributed by atoms with Crippen molar-refractivity contribution in [2.75, 3.05) is 0 Å². The van der Waals surface area contributed by atoms with Crippen LogP contribution in [0.15, 0.2) is 59.0 Å². The van der Waals surface area contributed by atoms with Gasteiger partial charge in [0.15, 0.2) is 5.60 Å². The van der Waals surface area contributed by atoms with Gasteiger partial charge < -0.3 is 19.0 Å². The molecule has 0 radical (unpaired) electrons. The summed E-state index contributed by atoms with van der Waals surface area (Å²) in [4.78, 5) is 11.1. The van der Waals surface area contributed by atoms with Crippen LogP contribution in [0.25, 0.3) is 11.3 Å². The quantitative estimate of drug-likeness (QED) is 0.554. The van der Waals surface area contributed by atoms with Gasteiger partial charge in [-0.15, -0.1) is 0 Å². The van der Waals surface area contributed by atoms with Crippen LogP contribution in [0.2, 0.25) is 0 Å². The van der Waals surface area contributed by atoms with Crippen molar-refractivity contribution in [3.05, 3.63) is 77.3 Å². The number of aryl methyl sites for hydroxylation is 1. The Morgan fingerprint density at radius 2 is 1.83 bits per heavy atom. The van der Waals surface area contributed by atoms with Crippen molar-refractivity contribution in [2.24, 2.45) is 0 Å². The van der Waals surface area contributed by atoms with Crippen molar-refractivity contribution in [1.29, 1.82) is 0 Å². The first-order valence-electron chi connectivity index (χ1n) is 9.19. The smallest absolute Gasteiger partial charge is 0.335 e. The van der Waals surface area contributed by atoms with E-state index in [0.717, 1.165) is 22.5 Å². The Hall–Kier alpha value is -3.12. The molecule has 3 aromatic rings. The van der Waals surface area contributed by atoms with E-state index in [-0.39, 0.29) is 12.4 Å². The van der Waals surface area contributed by atoms with Gasteiger partial charge in [0.05, 0.1) is 6.61 Å².